The molecule has 0 aromatic rings. The van der Waals surface area contributed by atoms with Gasteiger partial charge in [0.2, 0.25) is 0 Å². The molecule has 0 radical (unpaired) electrons. The number of hydrogen-bond donors (Lipinski definition) is 0. The van der Waals surface area contributed by atoms with Crippen molar-refractivity contribution >= 4 is 11.6 Å². The predicted molar refractivity (Wildman–Crippen MR) is 104 cm³/mol. The molecule has 3 nitrogen and oxygen atoms in total. The van der Waals surface area contributed by atoms with Crippen molar-refractivity contribution in [2.75, 3.05) is 45.5 Å². The summed E-state index contributed by atoms with van der Waals surface area (Å²) in [5, 5.41) is 0. The second-order valence-corrected chi connectivity index (χ2v) is 6.79. The van der Waals surface area contributed by atoms with Crippen LogP contribution in [0.15, 0.2) is 0 Å². The average Bonchev–Trinajstić information content (AvgIpc) is 2.60. The van der Waals surface area contributed by atoms with Crippen LogP contribution >= 0.6 is 11.6 Å². The lowest BCUT2D eigenvalue weighted by molar-refractivity contribution is 0.0132. The summed E-state index contributed by atoms with van der Waals surface area (Å²) < 4.78 is 16.6. The summed E-state index contributed by atoms with van der Waals surface area (Å²) in [6.07, 6.45) is 15.4. The standard InChI is InChI=1S/C20H41ClO3/c1-2-3-4-5-6-7-9-12-15-22-17-19-24-20-18-23-16-13-10-8-11-14-21/h2-20H2,1H3. The van der Waals surface area contributed by atoms with Gasteiger partial charge in [0.1, 0.15) is 0 Å². The van der Waals surface area contributed by atoms with E-state index in [-0.39, 0.29) is 0 Å². The molecule has 0 heterocycles. The third-order valence-electron chi connectivity index (χ3n) is 4.06. The molecule has 4 heteroatoms. The average molecular weight is 365 g/mol. The highest BCUT2D eigenvalue weighted by molar-refractivity contribution is 6.17. The molecule has 0 aliphatic rings. The molecule has 0 aliphatic carbocycles. The molecule has 0 amide bonds. The van der Waals surface area contributed by atoms with E-state index >= 15 is 0 Å². The van der Waals surface area contributed by atoms with Crippen LogP contribution in [0.3, 0.4) is 0 Å². The Morgan fingerprint density at radius 2 is 0.833 bits per heavy atom. The molecule has 24 heavy (non-hydrogen) atoms. The summed E-state index contributed by atoms with van der Waals surface area (Å²) >= 11 is 5.63. The molecule has 0 unspecified atom stereocenters. The van der Waals surface area contributed by atoms with Gasteiger partial charge in [-0.3, -0.25) is 0 Å². The van der Waals surface area contributed by atoms with E-state index in [1.165, 1.54) is 64.2 Å². The van der Waals surface area contributed by atoms with Crippen LogP contribution in [0.1, 0.15) is 84.0 Å². The topological polar surface area (TPSA) is 27.7 Å². The van der Waals surface area contributed by atoms with Gasteiger partial charge >= 0.3 is 0 Å². The molecule has 0 bridgehead atoms. The summed E-state index contributed by atoms with van der Waals surface area (Å²) in [6, 6.07) is 0. The molecule has 0 aliphatic heterocycles. The zero-order valence-corrected chi connectivity index (χ0v) is 16.8. The third kappa shape index (κ3) is 22.2. The highest BCUT2D eigenvalue weighted by Gasteiger charge is 1.94. The predicted octanol–water partition coefficient (Wildman–Crippen LogP) is 5.98. The van der Waals surface area contributed by atoms with Gasteiger partial charge in [-0.05, 0) is 19.3 Å². The Hall–Kier alpha value is 0.170. The maximum absolute atomic E-state index is 5.63. The molecule has 0 spiro atoms. The van der Waals surface area contributed by atoms with Crippen LogP contribution in [-0.4, -0.2) is 45.5 Å². The highest BCUT2D eigenvalue weighted by atomic mass is 35.5. The van der Waals surface area contributed by atoms with Gasteiger partial charge < -0.3 is 14.2 Å². The van der Waals surface area contributed by atoms with Crippen molar-refractivity contribution in [3.05, 3.63) is 0 Å². The first-order valence-electron chi connectivity index (χ1n) is 10.2. The smallest absolute Gasteiger partial charge is 0.0701 e. The Morgan fingerprint density at radius 3 is 1.29 bits per heavy atom. The summed E-state index contributed by atoms with van der Waals surface area (Å²) in [7, 11) is 0. The van der Waals surface area contributed by atoms with Crippen LogP contribution in [0.4, 0.5) is 0 Å². The fourth-order valence-electron chi connectivity index (χ4n) is 2.53. The molecule has 0 fully saturated rings. The lowest BCUT2D eigenvalue weighted by Gasteiger charge is -2.07. The van der Waals surface area contributed by atoms with Crippen LogP contribution in [0.25, 0.3) is 0 Å². The van der Waals surface area contributed by atoms with Crippen LogP contribution in [-0.2, 0) is 14.2 Å². The van der Waals surface area contributed by atoms with Gasteiger partial charge in [-0.25, -0.2) is 0 Å². The number of halogens is 1. The molecule has 0 saturated carbocycles. The van der Waals surface area contributed by atoms with E-state index in [1.54, 1.807) is 0 Å². The number of alkyl halides is 1. The Labute approximate surface area is 155 Å². The quantitative estimate of drug-likeness (QED) is 0.185. The van der Waals surface area contributed by atoms with Gasteiger partial charge in [-0.1, -0.05) is 64.7 Å². The zero-order chi connectivity index (χ0) is 17.6. The molecule has 0 N–H and O–H groups in total. The zero-order valence-electron chi connectivity index (χ0n) is 16.0. The van der Waals surface area contributed by atoms with Gasteiger partial charge in [0.15, 0.2) is 0 Å². The molecule has 146 valence electrons. The molecule has 0 rings (SSSR count). The molecular formula is C20H41ClO3. The first-order chi connectivity index (χ1) is 11.9. The maximum Gasteiger partial charge on any atom is 0.0701 e. The largest absolute Gasteiger partial charge is 0.379 e. The first kappa shape index (κ1) is 24.2. The van der Waals surface area contributed by atoms with Crippen molar-refractivity contribution in [2.24, 2.45) is 0 Å². The summed E-state index contributed by atoms with van der Waals surface area (Å²) in [5.74, 6) is 0.774. The molecular weight excluding hydrogens is 324 g/mol. The van der Waals surface area contributed by atoms with Crippen molar-refractivity contribution < 1.29 is 14.2 Å². The lowest BCUT2D eigenvalue weighted by Crippen LogP contribution is -2.10. The van der Waals surface area contributed by atoms with Crippen LogP contribution in [0.2, 0.25) is 0 Å². The second-order valence-electron chi connectivity index (χ2n) is 6.42. The molecule has 0 aromatic carbocycles. The minimum Gasteiger partial charge on any atom is -0.379 e. The number of ether oxygens (including phenoxy) is 3. The van der Waals surface area contributed by atoms with Gasteiger partial charge in [-0.15, -0.1) is 11.6 Å². The minimum absolute atomic E-state index is 0.669. The Kier molecular flexibility index (Phi) is 23.3. The summed E-state index contributed by atoms with van der Waals surface area (Å²) in [6.45, 7) is 6.71. The normalized spacial score (nSPS) is 11.2. The monoisotopic (exact) mass is 364 g/mol. The van der Waals surface area contributed by atoms with E-state index in [4.69, 9.17) is 25.8 Å². The van der Waals surface area contributed by atoms with E-state index in [9.17, 15) is 0 Å². The molecule has 0 aromatic heterocycles. The van der Waals surface area contributed by atoms with Crippen molar-refractivity contribution in [1.82, 2.24) is 0 Å². The lowest BCUT2D eigenvalue weighted by atomic mass is 10.1. The molecule has 0 atom stereocenters. The van der Waals surface area contributed by atoms with Crippen molar-refractivity contribution in [3.63, 3.8) is 0 Å². The third-order valence-corrected chi connectivity index (χ3v) is 4.33. The van der Waals surface area contributed by atoms with E-state index in [2.05, 4.69) is 6.92 Å². The second kappa shape index (κ2) is 23.2. The van der Waals surface area contributed by atoms with Gasteiger partial charge in [0, 0.05) is 19.1 Å². The fourth-order valence-corrected chi connectivity index (χ4v) is 2.72. The van der Waals surface area contributed by atoms with Gasteiger partial charge in [0.25, 0.3) is 0 Å². The highest BCUT2D eigenvalue weighted by Crippen LogP contribution is 2.08. The maximum atomic E-state index is 5.63. The van der Waals surface area contributed by atoms with Crippen LogP contribution in [0.5, 0.6) is 0 Å². The number of hydrogen-bond acceptors (Lipinski definition) is 3. The van der Waals surface area contributed by atoms with E-state index in [1.807, 2.05) is 0 Å². The van der Waals surface area contributed by atoms with E-state index < -0.39 is 0 Å². The Balaban J connectivity index is 2.93. The van der Waals surface area contributed by atoms with Crippen molar-refractivity contribution in [3.8, 4) is 0 Å². The summed E-state index contributed by atoms with van der Waals surface area (Å²) in [4.78, 5) is 0. The number of rotatable bonds is 21. The minimum atomic E-state index is 0.669. The Bertz CT molecular complexity index is 193. The van der Waals surface area contributed by atoms with Crippen molar-refractivity contribution in [2.45, 2.75) is 84.0 Å². The van der Waals surface area contributed by atoms with E-state index in [0.29, 0.717) is 26.4 Å². The van der Waals surface area contributed by atoms with Gasteiger partial charge in [0.05, 0.1) is 26.4 Å². The van der Waals surface area contributed by atoms with E-state index in [0.717, 1.165) is 31.9 Å². The van der Waals surface area contributed by atoms with Crippen molar-refractivity contribution in [1.29, 1.82) is 0 Å². The van der Waals surface area contributed by atoms with Crippen LogP contribution in [0, 0.1) is 0 Å². The number of unbranched alkanes of at least 4 members (excludes halogenated alkanes) is 10. The van der Waals surface area contributed by atoms with Crippen LogP contribution < -0.4 is 0 Å². The summed E-state index contributed by atoms with van der Waals surface area (Å²) in [5.41, 5.74) is 0. The molecule has 0 saturated heterocycles. The first-order valence-corrected chi connectivity index (χ1v) is 10.7. The fraction of sp³-hybridized carbons (Fsp3) is 1.00. The Morgan fingerprint density at radius 1 is 0.458 bits per heavy atom. The van der Waals surface area contributed by atoms with Gasteiger partial charge in [-0.2, -0.15) is 0 Å². The SMILES string of the molecule is CCCCCCCCCCOCCOCCOCCCCCCCl.